The minimum Gasteiger partial charge on any atom is -0.497 e. The second-order valence-electron chi connectivity index (χ2n) is 7.52. The quantitative estimate of drug-likeness (QED) is 0.494. The van der Waals surface area contributed by atoms with Crippen molar-refractivity contribution in [3.63, 3.8) is 0 Å². The normalized spacial score (nSPS) is 15.8. The maximum absolute atomic E-state index is 12.8. The Labute approximate surface area is 188 Å². The van der Waals surface area contributed by atoms with Crippen LogP contribution >= 0.6 is 11.3 Å². The first kappa shape index (κ1) is 20.1. The summed E-state index contributed by atoms with van der Waals surface area (Å²) in [7, 11) is 1.58. The number of fused-ring (bicyclic) bond motifs is 1. The summed E-state index contributed by atoms with van der Waals surface area (Å²) < 4.78 is 5.24. The van der Waals surface area contributed by atoms with Gasteiger partial charge in [-0.1, -0.05) is 17.4 Å². The maximum Gasteiger partial charge on any atom is 0.229 e. The van der Waals surface area contributed by atoms with Crippen LogP contribution in [0.15, 0.2) is 66.9 Å². The van der Waals surface area contributed by atoms with Gasteiger partial charge in [-0.2, -0.15) is 0 Å². The van der Waals surface area contributed by atoms with Crippen LogP contribution < -0.4 is 15.0 Å². The van der Waals surface area contributed by atoms with Crippen LogP contribution in [0, 0.1) is 5.92 Å². The molecule has 2 aromatic carbocycles. The lowest BCUT2D eigenvalue weighted by molar-refractivity contribution is -0.122. The van der Waals surface area contributed by atoms with E-state index >= 15 is 0 Å². The molecule has 1 unspecified atom stereocenters. The molecular formula is C24H20N4O3S. The molecule has 0 saturated carbocycles. The number of benzene rings is 2. The van der Waals surface area contributed by atoms with Gasteiger partial charge >= 0.3 is 0 Å². The highest BCUT2D eigenvalue weighted by Crippen LogP contribution is 2.31. The minimum absolute atomic E-state index is 0.0711. The van der Waals surface area contributed by atoms with Crippen LogP contribution in [0.1, 0.15) is 6.42 Å². The van der Waals surface area contributed by atoms with Gasteiger partial charge in [0.1, 0.15) is 21.1 Å². The molecule has 5 rings (SSSR count). The molecule has 160 valence electrons. The summed E-state index contributed by atoms with van der Waals surface area (Å²) in [5.74, 6) is 0.0230. The van der Waals surface area contributed by atoms with E-state index in [1.54, 1.807) is 24.3 Å². The van der Waals surface area contributed by atoms with E-state index in [4.69, 9.17) is 4.74 Å². The van der Waals surface area contributed by atoms with Gasteiger partial charge in [0.05, 0.1) is 13.0 Å². The standard InChI is InChI=1S/C24H20N4O3S/c1-31-19-5-2-4-18(13-19)28-14-16(12-21(28)29)22(30)26-17-9-7-15(8-10-17)23-27-20-6-3-11-25-24(20)32-23/h2-11,13,16H,12,14H2,1H3,(H,26,30). The van der Waals surface area contributed by atoms with Crippen molar-refractivity contribution in [3.8, 4) is 16.3 Å². The first-order valence-electron chi connectivity index (χ1n) is 10.2. The summed E-state index contributed by atoms with van der Waals surface area (Å²) in [5, 5.41) is 3.81. The van der Waals surface area contributed by atoms with Gasteiger partial charge in [-0.15, -0.1) is 0 Å². The number of anilines is 2. The molecule has 1 atom stereocenters. The topological polar surface area (TPSA) is 84.4 Å². The maximum atomic E-state index is 12.8. The van der Waals surface area contributed by atoms with Crippen molar-refractivity contribution in [2.24, 2.45) is 5.92 Å². The molecule has 32 heavy (non-hydrogen) atoms. The number of carbonyl (C=O) groups excluding carboxylic acids is 2. The van der Waals surface area contributed by atoms with Gasteiger partial charge in [-0.3, -0.25) is 9.59 Å². The number of ether oxygens (including phenoxy) is 1. The molecule has 7 nitrogen and oxygen atoms in total. The number of methoxy groups -OCH3 is 1. The van der Waals surface area contributed by atoms with Crippen molar-refractivity contribution >= 4 is 44.9 Å². The van der Waals surface area contributed by atoms with Crippen LogP contribution in [0.5, 0.6) is 5.75 Å². The second-order valence-corrected chi connectivity index (χ2v) is 8.50. The lowest BCUT2D eigenvalue weighted by Crippen LogP contribution is -2.28. The predicted octanol–water partition coefficient (Wildman–Crippen LogP) is 4.36. The number of rotatable bonds is 5. The third-order valence-electron chi connectivity index (χ3n) is 5.43. The van der Waals surface area contributed by atoms with Gasteiger partial charge in [0.2, 0.25) is 11.8 Å². The first-order chi connectivity index (χ1) is 15.6. The molecule has 1 aliphatic rings. The number of aromatic nitrogens is 2. The van der Waals surface area contributed by atoms with Crippen LogP contribution in [0.3, 0.4) is 0 Å². The molecule has 3 heterocycles. The molecule has 4 aromatic rings. The molecule has 1 fully saturated rings. The molecule has 0 bridgehead atoms. The summed E-state index contributed by atoms with van der Waals surface area (Å²) in [4.78, 5) is 36.8. The van der Waals surface area contributed by atoms with Crippen molar-refractivity contribution in [3.05, 3.63) is 66.9 Å². The van der Waals surface area contributed by atoms with E-state index in [1.807, 2.05) is 54.6 Å². The van der Waals surface area contributed by atoms with Gasteiger partial charge in [0.15, 0.2) is 0 Å². The third kappa shape index (κ3) is 3.92. The Balaban J connectivity index is 1.26. The number of nitrogens with one attached hydrogen (secondary N) is 1. The molecule has 2 amide bonds. The molecule has 1 N–H and O–H groups in total. The SMILES string of the molecule is COc1cccc(N2CC(C(=O)Nc3ccc(-c4nc5cccnc5s4)cc3)CC2=O)c1. The van der Waals surface area contributed by atoms with Crippen molar-refractivity contribution in [1.82, 2.24) is 9.97 Å². The lowest BCUT2D eigenvalue weighted by atomic mass is 10.1. The van der Waals surface area contributed by atoms with Crippen LogP contribution in [0.4, 0.5) is 11.4 Å². The fraction of sp³-hybridized carbons (Fsp3) is 0.167. The number of hydrogen-bond donors (Lipinski definition) is 1. The van der Waals surface area contributed by atoms with Gasteiger partial charge in [-0.05, 0) is 48.5 Å². The average Bonchev–Trinajstić information content (AvgIpc) is 3.43. The van der Waals surface area contributed by atoms with Crippen molar-refractivity contribution in [1.29, 1.82) is 0 Å². The first-order valence-corrected chi connectivity index (χ1v) is 11.0. The number of nitrogens with zero attached hydrogens (tertiary/aromatic N) is 3. The highest BCUT2D eigenvalue weighted by Gasteiger charge is 2.35. The van der Waals surface area contributed by atoms with E-state index in [9.17, 15) is 9.59 Å². The van der Waals surface area contributed by atoms with E-state index < -0.39 is 5.92 Å². The molecule has 1 saturated heterocycles. The zero-order valence-electron chi connectivity index (χ0n) is 17.3. The van der Waals surface area contributed by atoms with Gasteiger partial charge in [0, 0.05) is 42.2 Å². The third-order valence-corrected chi connectivity index (χ3v) is 6.45. The van der Waals surface area contributed by atoms with E-state index in [0.29, 0.717) is 18.0 Å². The monoisotopic (exact) mass is 444 g/mol. The second kappa shape index (κ2) is 8.39. The Kier molecular flexibility index (Phi) is 5.28. The summed E-state index contributed by atoms with van der Waals surface area (Å²) in [6.07, 6.45) is 1.94. The smallest absolute Gasteiger partial charge is 0.229 e. The van der Waals surface area contributed by atoms with E-state index in [0.717, 1.165) is 26.6 Å². The number of thiazole rings is 1. The van der Waals surface area contributed by atoms with E-state index in [1.165, 1.54) is 11.3 Å². The molecule has 1 aliphatic heterocycles. The summed E-state index contributed by atoms with van der Waals surface area (Å²) in [6.45, 7) is 0.342. The Morgan fingerprint density at radius 2 is 2.00 bits per heavy atom. The van der Waals surface area contributed by atoms with Crippen LogP contribution in [-0.4, -0.2) is 35.4 Å². The van der Waals surface area contributed by atoms with E-state index in [-0.39, 0.29) is 18.2 Å². The molecule has 0 aliphatic carbocycles. The Morgan fingerprint density at radius 1 is 1.16 bits per heavy atom. The van der Waals surface area contributed by atoms with Crippen molar-refractivity contribution in [2.75, 3.05) is 23.9 Å². The van der Waals surface area contributed by atoms with Gasteiger partial charge in [0.25, 0.3) is 0 Å². The van der Waals surface area contributed by atoms with Gasteiger partial charge < -0.3 is 15.0 Å². The van der Waals surface area contributed by atoms with E-state index in [2.05, 4.69) is 15.3 Å². The number of pyridine rings is 1. The van der Waals surface area contributed by atoms with Crippen LogP contribution in [-0.2, 0) is 9.59 Å². The highest BCUT2D eigenvalue weighted by molar-refractivity contribution is 7.21. The molecule has 8 heteroatoms. The predicted molar refractivity (Wildman–Crippen MR) is 125 cm³/mol. The summed E-state index contributed by atoms with van der Waals surface area (Å²) in [5.41, 5.74) is 3.26. The van der Waals surface area contributed by atoms with Crippen LogP contribution in [0.2, 0.25) is 0 Å². The summed E-state index contributed by atoms with van der Waals surface area (Å²) in [6, 6.07) is 18.7. The van der Waals surface area contributed by atoms with Crippen molar-refractivity contribution in [2.45, 2.75) is 6.42 Å². The van der Waals surface area contributed by atoms with Crippen molar-refractivity contribution < 1.29 is 14.3 Å². The Hall–Kier alpha value is -3.78. The zero-order valence-corrected chi connectivity index (χ0v) is 18.1. The average molecular weight is 445 g/mol. The number of hydrogen-bond acceptors (Lipinski definition) is 6. The molecule has 0 spiro atoms. The Bertz CT molecular complexity index is 1270. The number of amides is 2. The lowest BCUT2D eigenvalue weighted by Gasteiger charge is -2.17. The molecule has 0 radical (unpaired) electrons. The largest absolute Gasteiger partial charge is 0.497 e. The molecule has 2 aromatic heterocycles. The highest BCUT2D eigenvalue weighted by atomic mass is 32.1. The fourth-order valence-electron chi connectivity index (χ4n) is 3.74. The fourth-order valence-corrected chi connectivity index (χ4v) is 4.66. The molecular weight excluding hydrogens is 424 g/mol. The summed E-state index contributed by atoms with van der Waals surface area (Å²) >= 11 is 1.53. The Morgan fingerprint density at radius 3 is 2.78 bits per heavy atom. The zero-order chi connectivity index (χ0) is 22.1. The minimum atomic E-state index is -0.413. The van der Waals surface area contributed by atoms with Crippen LogP contribution in [0.25, 0.3) is 20.9 Å². The number of carbonyl (C=O) groups is 2. The van der Waals surface area contributed by atoms with Gasteiger partial charge in [-0.25, -0.2) is 9.97 Å².